The third kappa shape index (κ3) is 4.99. The van der Waals surface area contributed by atoms with Gasteiger partial charge in [-0.3, -0.25) is 0 Å². The Hall–Kier alpha value is 0.155. The highest BCUT2D eigenvalue weighted by Gasteiger charge is 2.37. The summed E-state index contributed by atoms with van der Waals surface area (Å²) >= 11 is 0. The lowest BCUT2D eigenvalue weighted by Crippen LogP contribution is -2.25. The second-order valence-electron chi connectivity index (χ2n) is 6.84. The van der Waals surface area contributed by atoms with Crippen LogP contribution in [0.25, 0.3) is 0 Å². The Morgan fingerprint density at radius 1 is 1.25 bits per heavy atom. The molecule has 1 saturated heterocycles. The molecule has 1 aliphatic rings. The van der Waals surface area contributed by atoms with Crippen molar-refractivity contribution in [1.82, 2.24) is 0 Å². The molecule has 0 N–H and O–H groups in total. The predicted octanol–water partition coefficient (Wildman–Crippen LogP) is 2.74. The average Bonchev–Trinajstić information content (AvgIpc) is 2.23. The van der Waals surface area contributed by atoms with Crippen LogP contribution in [0.2, 0.25) is 16.4 Å². The normalized spacial score (nSPS) is 31.7. The Labute approximate surface area is 104 Å². The van der Waals surface area contributed by atoms with Crippen molar-refractivity contribution in [3.8, 4) is 0 Å². The van der Waals surface area contributed by atoms with Crippen molar-refractivity contribution in [2.24, 2.45) is 0 Å². The van der Waals surface area contributed by atoms with Crippen molar-refractivity contribution in [3.05, 3.63) is 0 Å². The van der Waals surface area contributed by atoms with E-state index in [1.54, 1.807) is 0 Å². The second kappa shape index (κ2) is 4.80. The topological polar surface area (TPSA) is 9.23 Å². The zero-order valence-corrected chi connectivity index (χ0v) is 11.3. The molecule has 4 heteroatoms. The summed E-state index contributed by atoms with van der Waals surface area (Å²) in [5.74, 6) is 0.429. The molecule has 85 valence electrons. The quantitative estimate of drug-likeness (QED) is 0.657. The van der Waals surface area contributed by atoms with E-state index in [0.717, 1.165) is 12.8 Å². The minimum atomic E-state index is -0.196. The van der Waals surface area contributed by atoms with Crippen LogP contribution < -0.4 is 0 Å². The molecule has 0 amide bonds. The highest BCUT2D eigenvalue weighted by Crippen LogP contribution is 2.42. The van der Waals surface area contributed by atoms with Gasteiger partial charge in [-0.1, -0.05) is 45.2 Å². The largest absolute Gasteiger partial charge is 0.385 e. The average molecular weight is 215 g/mol. The lowest BCUT2D eigenvalue weighted by molar-refractivity contribution is 0.0750. The maximum atomic E-state index is 6.05. The molecular formula is C12H22B3O. The van der Waals surface area contributed by atoms with Gasteiger partial charge in [-0.2, -0.15) is 0 Å². The Bertz CT molecular complexity index is 205. The van der Waals surface area contributed by atoms with Crippen molar-refractivity contribution in [2.75, 3.05) is 0 Å². The van der Waals surface area contributed by atoms with E-state index in [4.69, 9.17) is 20.4 Å². The van der Waals surface area contributed by atoms with Crippen molar-refractivity contribution in [1.29, 1.82) is 0 Å². The number of hydrogen-bond donors (Lipinski definition) is 0. The molecule has 0 aromatic carbocycles. The zero-order valence-electron chi connectivity index (χ0n) is 11.3. The highest BCUT2D eigenvalue weighted by atomic mass is 16.5. The fraction of sp³-hybridized carbons (Fsp3) is 1.00. The Morgan fingerprint density at radius 3 is 2.25 bits per heavy atom. The number of ether oxygens (including phenoxy) is 1. The van der Waals surface area contributed by atoms with Crippen LogP contribution >= 0.6 is 0 Å². The van der Waals surface area contributed by atoms with Crippen LogP contribution in [-0.4, -0.2) is 35.1 Å². The molecule has 1 rings (SSSR count). The summed E-state index contributed by atoms with van der Waals surface area (Å²) in [6, 6.07) is -0.129. The van der Waals surface area contributed by atoms with Crippen LogP contribution in [0.1, 0.15) is 47.5 Å². The van der Waals surface area contributed by atoms with E-state index >= 15 is 0 Å². The van der Waals surface area contributed by atoms with Gasteiger partial charge in [-0.25, -0.2) is 0 Å². The SMILES string of the molecule is [B]C1CC([B]C(C)(C)C)C(CC([B])(C)C)O1. The molecule has 1 nitrogen and oxygen atoms in total. The third-order valence-corrected chi connectivity index (χ3v) is 2.77. The van der Waals surface area contributed by atoms with Crippen molar-refractivity contribution >= 4 is 23.0 Å². The summed E-state index contributed by atoms with van der Waals surface area (Å²) in [5.41, 5.74) is 0. The molecule has 3 unspecified atom stereocenters. The Morgan fingerprint density at radius 2 is 1.81 bits per heavy atom. The maximum absolute atomic E-state index is 6.05. The monoisotopic (exact) mass is 215 g/mol. The van der Waals surface area contributed by atoms with Crippen molar-refractivity contribution in [3.63, 3.8) is 0 Å². The Kier molecular flexibility index (Phi) is 4.26. The van der Waals surface area contributed by atoms with Crippen LogP contribution in [0.5, 0.6) is 0 Å². The summed E-state index contributed by atoms with van der Waals surface area (Å²) in [6.07, 6.45) is 1.95. The number of rotatable bonds is 3. The Balaban J connectivity index is 2.60. The van der Waals surface area contributed by atoms with Gasteiger partial charge >= 0.3 is 0 Å². The van der Waals surface area contributed by atoms with Gasteiger partial charge in [-0.05, 0) is 18.7 Å². The molecule has 5 radical (unpaired) electrons. The smallest absolute Gasteiger partial charge is 0.124 e. The van der Waals surface area contributed by atoms with Crippen molar-refractivity contribution < 1.29 is 4.74 Å². The fourth-order valence-corrected chi connectivity index (χ4v) is 2.34. The predicted molar refractivity (Wildman–Crippen MR) is 72.7 cm³/mol. The van der Waals surface area contributed by atoms with Gasteiger partial charge in [-0.15, -0.1) is 0 Å². The fourth-order valence-electron chi connectivity index (χ4n) is 2.34. The minimum absolute atomic E-state index is 0.129. The second-order valence-corrected chi connectivity index (χ2v) is 6.84. The van der Waals surface area contributed by atoms with Gasteiger partial charge in [0.15, 0.2) is 0 Å². The summed E-state index contributed by atoms with van der Waals surface area (Å²) < 4.78 is 5.76. The first-order chi connectivity index (χ1) is 7.07. The van der Waals surface area contributed by atoms with Gasteiger partial charge in [0.2, 0.25) is 0 Å². The molecule has 0 aromatic rings. The molecule has 1 heterocycles. The summed E-state index contributed by atoms with van der Waals surface area (Å²) in [6.45, 7) is 10.7. The lowest BCUT2D eigenvalue weighted by Gasteiger charge is -2.30. The number of hydrogen-bond acceptors (Lipinski definition) is 1. The van der Waals surface area contributed by atoms with Gasteiger partial charge < -0.3 is 4.74 Å². The van der Waals surface area contributed by atoms with Gasteiger partial charge in [0.05, 0.1) is 14.0 Å². The van der Waals surface area contributed by atoms with Crippen LogP contribution in [0, 0.1) is 0 Å². The highest BCUT2D eigenvalue weighted by molar-refractivity contribution is 6.42. The first-order valence-corrected chi connectivity index (χ1v) is 6.13. The molecule has 0 aromatic heterocycles. The molecule has 0 spiro atoms. The summed E-state index contributed by atoms with van der Waals surface area (Å²) in [5, 5.41) is 0.00772. The molecule has 0 bridgehead atoms. The minimum Gasteiger partial charge on any atom is -0.385 e. The van der Waals surface area contributed by atoms with E-state index in [2.05, 4.69) is 28.1 Å². The molecule has 1 aliphatic heterocycles. The van der Waals surface area contributed by atoms with Gasteiger partial charge in [0.25, 0.3) is 0 Å². The van der Waals surface area contributed by atoms with Gasteiger partial charge in [0, 0.05) is 6.00 Å². The zero-order chi connectivity index (χ0) is 12.6. The molecule has 1 fully saturated rings. The molecular weight excluding hydrogens is 193 g/mol. The summed E-state index contributed by atoms with van der Waals surface area (Å²) in [7, 11) is 14.3. The van der Waals surface area contributed by atoms with Crippen LogP contribution in [0.3, 0.4) is 0 Å². The van der Waals surface area contributed by atoms with E-state index in [-0.39, 0.29) is 22.7 Å². The van der Waals surface area contributed by atoms with Crippen molar-refractivity contribution in [2.45, 2.75) is 76.0 Å². The first kappa shape index (κ1) is 14.2. The van der Waals surface area contributed by atoms with E-state index < -0.39 is 0 Å². The molecule has 0 aliphatic carbocycles. The van der Waals surface area contributed by atoms with Crippen LogP contribution in [0.4, 0.5) is 0 Å². The van der Waals surface area contributed by atoms with E-state index in [0.29, 0.717) is 5.82 Å². The third-order valence-electron chi connectivity index (χ3n) is 2.77. The van der Waals surface area contributed by atoms with E-state index in [1.807, 2.05) is 13.8 Å². The summed E-state index contributed by atoms with van der Waals surface area (Å²) in [4.78, 5) is 0. The van der Waals surface area contributed by atoms with E-state index in [1.165, 1.54) is 0 Å². The maximum Gasteiger partial charge on any atom is 0.124 e. The first-order valence-electron chi connectivity index (χ1n) is 6.13. The molecule has 16 heavy (non-hydrogen) atoms. The van der Waals surface area contributed by atoms with Crippen LogP contribution in [0.15, 0.2) is 0 Å². The lowest BCUT2D eigenvalue weighted by atomic mass is 9.45. The van der Waals surface area contributed by atoms with E-state index in [9.17, 15) is 0 Å². The standard InChI is InChI=1S/C12H22B3O/c1-11(2,3)15-8-6-10(13)16-9(8)7-12(4,5)14/h8-10H,6-7H2,1-5H3. The molecule has 3 atom stereocenters. The molecule has 0 saturated carbocycles. The van der Waals surface area contributed by atoms with Crippen LogP contribution in [-0.2, 0) is 4.74 Å². The van der Waals surface area contributed by atoms with Gasteiger partial charge in [0.1, 0.15) is 15.1 Å².